The quantitative estimate of drug-likeness (QED) is 0.791. The van der Waals surface area contributed by atoms with Crippen molar-refractivity contribution in [3.63, 3.8) is 0 Å². The minimum atomic E-state index is -0.268. The maximum Gasteiger partial charge on any atom is 0.235 e. The van der Waals surface area contributed by atoms with Crippen LogP contribution in [0.15, 0.2) is 18.2 Å². The standard InChI is InChI=1S/C12H16N2O2/c1-14-7-8-3-4-10(16-2)5-9(8)6-11(14)12(13)15/h3-5,11H,6-7H2,1-2H3,(H2,13,15)/t11-/m1/s1. The van der Waals surface area contributed by atoms with Gasteiger partial charge in [0.25, 0.3) is 0 Å². The van der Waals surface area contributed by atoms with Gasteiger partial charge in [0.2, 0.25) is 5.91 Å². The first kappa shape index (κ1) is 11.0. The average Bonchev–Trinajstić information content (AvgIpc) is 2.27. The van der Waals surface area contributed by atoms with Crippen LogP contribution < -0.4 is 10.5 Å². The third-order valence-corrected chi connectivity index (χ3v) is 3.11. The van der Waals surface area contributed by atoms with Gasteiger partial charge < -0.3 is 10.5 Å². The van der Waals surface area contributed by atoms with Crippen molar-refractivity contribution in [2.75, 3.05) is 14.2 Å². The zero-order valence-electron chi connectivity index (χ0n) is 9.56. The van der Waals surface area contributed by atoms with Gasteiger partial charge in [-0.2, -0.15) is 0 Å². The fourth-order valence-electron chi connectivity index (χ4n) is 2.13. The number of hydrogen-bond donors (Lipinski definition) is 1. The summed E-state index contributed by atoms with van der Waals surface area (Å²) in [6.45, 7) is 0.757. The van der Waals surface area contributed by atoms with Crippen molar-refractivity contribution in [1.29, 1.82) is 0 Å². The molecule has 4 nitrogen and oxygen atoms in total. The van der Waals surface area contributed by atoms with E-state index in [1.807, 2.05) is 30.1 Å². The number of likely N-dealkylation sites (N-methyl/N-ethyl adjacent to an activating group) is 1. The molecule has 86 valence electrons. The number of rotatable bonds is 2. The first-order valence-electron chi connectivity index (χ1n) is 5.27. The van der Waals surface area contributed by atoms with E-state index in [1.165, 1.54) is 5.56 Å². The largest absolute Gasteiger partial charge is 0.497 e. The molecule has 0 fully saturated rings. The van der Waals surface area contributed by atoms with Gasteiger partial charge in [-0.05, 0) is 36.7 Å². The zero-order chi connectivity index (χ0) is 11.7. The van der Waals surface area contributed by atoms with E-state index in [1.54, 1.807) is 7.11 Å². The maximum absolute atomic E-state index is 11.3. The smallest absolute Gasteiger partial charge is 0.235 e. The second-order valence-electron chi connectivity index (χ2n) is 4.17. The summed E-state index contributed by atoms with van der Waals surface area (Å²) in [4.78, 5) is 13.3. The third-order valence-electron chi connectivity index (χ3n) is 3.11. The Morgan fingerprint density at radius 3 is 2.88 bits per heavy atom. The van der Waals surface area contributed by atoms with Crippen LogP contribution in [0, 0.1) is 0 Å². The summed E-state index contributed by atoms with van der Waals surface area (Å²) < 4.78 is 5.17. The van der Waals surface area contributed by atoms with Gasteiger partial charge in [-0.1, -0.05) is 6.07 Å². The Balaban J connectivity index is 2.32. The number of nitrogens with zero attached hydrogens (tertiary/aromatic N) is 1. The molecule has 2 N–H and O–H groups in total. The Hall–Kier alpha value is -1.55. The zero-order valence-corrected chi connectivity index (χ0v) is 9.56. The Morgan fingerprint density at radius 2 is 2.25 bits per heavy atom. The number of ether oxygens (including phenoxy) is 1. The van der Waals surface area contributed by atoms with Crippen LogP contribution in [-0.2, 0) is 17.8 Å². The SMILES string of the molecule is COc1ccc2c(c1)C[C@H](C(N)=O)N(C)C2. The second kappa shape index (κ2) is 4.14. The number of benzene rings is 1. The summed E-state index contributed by atoms with van der Waals surface area (Å²) in [7, 11) is 3.56. The lowest BCUT2D eigenvalue weighted by atomic mass is 9.94. The molecule has 0 bridgehead atoms. The van der Waals surface area contributed by atoms with Gasteiger partial charge in [-0.3, -0.25) is 9.69 Å². The van der Waals surface area contributed by atoms with Crippen LogP contribution in [-0.4, -0.2) is 31.0 Å². The molecule has 1 atom stereocenters. The van der Waals surface area contributed by atoms with E-state index in [9.17, 15) is 4.79 Å². The van der Waals surface area contributed by atoms with Gasteiger partial charge >= 0.3 is 0 Å². The topological polar surface area (TPSA) is 55.6 Å². The number of primary amides is 1. The third kappa shape index (κ3) is 1.88. The fraction of sp³-hybridized carbons (Fsp3) is 0.417. The molecule has 0 saturated heterocycles. The van der Waals surface area contributed by atoms with E-state index in [0.717, 1.165) is 17.9 Å². The molecule has 16 heavy (non-hydrogen) atoms. The number of methoxy groups -OCH3 is 1. The molecule has 4 heteroatoms. The second-order valence-corrected chi connectivity index (χ2v) is 4.17. The molecular weight excluding hydrogens is 204 g/mol. The van der Waals surface area contributed by atoms with Crippen molar-refractivity contribution >= 4 is 5.91 Å². The molecule has 0 radical (unpaired) electrons. The molecule has 0 aromatic heterocycles. The summed E-state index contributed by atoms with van der Waals surface area (Å²) in [5, 5.41) is 0. The van der Waals surface area contributed by atoms with E-state index in [0.29, 0.717) is 6.42 Å². The van der Waals surface area contributed by atoms with E-state index >= 15 is 0 Å². The Bertz CT molecular complexity index is 417. The van der Waals surface area contributed by atoms with Crippen molar-refractivity contribution in [1.82, 2.24) is 4.90 Å². The minimum absolute atomic E-state index is 0.209. The molecule has 0 unspecified atom stereocenters. The van der Waals surface area contributed by atoms with Crippen LogP contribution in [0.1, 0.15) is 11.1 Å². The highest BCUT2D eigenvalue weighted by molar-refractivity contribution is 5.80. The van der Waals surface area contributed by atoms with Crippen LogP contribution in [0.4, 0.5) is 0 Å². The molecule has 0 spiro atoms. The van der Waals surface area contributed by atoms with Crippen LogP contribution in [0.3, 0.4) is 0 Å². The van der Waals surface area contributed by atoms with Crippen LogP contribution >= 0.6 is 0 Å². The maximum atomic E-state index is 11.3. The summed E-state index contributed by atoms with van der Waals surface area (Å²) in [6.07, 6.45) is 0.665. The highest BCUT2D eigenvalue weighted by Gasteiger charge is 2.27. The van der Waals surface area contributed by atoms with Crippen molar-refractivity contribution in [3.8, 4) is 5.75 Å². The Morgan fingerprint density at radius 1 is 1.50 bits per heavy atom. The van der Waals surface area contributed by atoms with Gasteiger partial charge in [-0.25, -0.2) is 0 Å². The molecule has 1 aliphatic heterocycles. The predicted molar refractivity (Wildman–Crippen MR) is 61.1 cm³/mol. The van der Waals surface area contributed by atoms with Crippen LogP contribution in [0.25, 0.3) is 0 Å². The molecule has 1 amide bonds. The normalized spacial score (nSPS) is 20.2. The van der Waals surface area contributed by atoms with Gasteiger partial charge in [0, 0.05) is 6.54 Å². The lowest BCUT2D eigenvalue weighted by Crippen LogP contribution is -2.46. The highest BCUT2D eigenvalue weighted by atomic mass is 16.5. The molecule has 1 aromatic carbocycles. The molecular formula is C12H16N2O2. The van der Waals surface area contributed by atoms with E-state index in [4.69, 9.17) is 10.5 Å². The number of hydrogen-bond acceptors (Lipinski definition) is 3. The molecule has 1 aliphatic rings. The number of carbonyl (C=O) groups is 1. The van der Waals surface area contributed by atoms with Gasteiger partial charge in [0.05, 0.1) is 13.2 Å². The minimum Gasteiger partial charge on any atom is -0.497 e. The molecule has 1 aromatic rings. The first-order chi connectivity index (χ1) is 7.61. The summed E-state index contributed by atoms with van der Waals surface area (Å²) >= 11 is 0. The van der Waals surface area contributed by atoms with Gasteiger partial charge in [0.15, 0.2) is 0 Å². The van der Waals surface area contributed by atoms with E-state index < -0.39 is 0 Å². The van der Waals surface area contributed by atoms with Crippen molar-refractivity contribution < 1.29 is 9.53 Å². The first-order valence-corrected chi connectivity index (χ1v) is 5.27. The Kier molecular flexibility index (Phi) is 2.83. The number of nitrogens with two attached hydrogens (primary N) is 1. The predicted octanol–water partition coefficient (Wildman–Crippen LogP) is 0.537. The molecule has 0 saturated carbocycles. The number of fused-ring (bicyclic) bond motifs is 1. The molecule has 1 heterocycles. The average molecular weight is 220 g/mol. The molecule has 0 aliphatic carbocycles. The monoisotopic (exact) mass is 220 g/mol. The number of carbonyl (C=O) groups excluding carboxylic acids is 1. The Labute approximate surface area is 95.0 Å². The van der Waals surface area contributed by atoms with Crippen molar-refractivity contribution in [2.45, 2.75) is 19.0 Å². The fourth-order valence-corrected chi connectivity index (χ4v) is 2.13. The summed E-state index contributed by atoms with van der Waals surface area (Å²) in [5.74, 6) is 0.558. The highest BCUT2D eigenvalue weighted by Crippen LogP contribution is 2.25. The molecule has 2 rings (SSSR count). The van der Waals surface area contributed by atoms with Crippen molar-refractivity contribution in [2.24, 2.45) is 5.73 Å². The van der Waals surface area contributed by atoms with Crippen LogP contribution in [0.5, 0.6) is 5.75 Å². The van der Waals surface area contributed by atoms with Crippen molar-refractivity contribution in [3.05, 3.63) is 29.3 Å². The lowest BCUT2D eigenvalue weighted by Gasteiger charge is -2.32. The number of amides is 1. The summed E-state index contributed by atoms with van der Waals surface area (Å²) in [5.41, 5.74) is 7.76. The van der Waals surface area contributed by atoms with E-state index in [-0.39, 0.29) is 11.9 Å². The van der Waals surface area contributed by atoms with Crippen LogP contribution in [0.2, 0.25) is 0 Å². The van der Waals surface area contributed by atoms with E-state index in [2.05, 4.69) is 0 Å². The lowest BCUT2D eigenvalue weighted by molar-refractivity contribution is -0.123. The van der Waals surface area contributed by atoms with Gasteiger partial charge in [0.1, 0.15) is 5.75 Å². The summed E-state index contributed by atoms with van der Waals surface area (Å²) in [6, 6.07) is 5.76. The van der Waals surface area contributed by atoms with Gasteiger partial charge in [-0.15, -0.1) is 0 Å².